The van der Waals surface area contributed by atoms with Crippen LogP contribution in [-0.4, -0.2) is 26.2 Å². The van der Waals surface area contributed by atoms with Crippen molar-refractivity contribution < 1.29 is 15.0 Å². The van der Waals surface area contributed by atoms with E-state index >= 15 is 0 Å². The van der Waals surface area contributed by atoms with Crippen LogP contribution in [0.2, 0.25) is 0 Å². The minimum absolute atomic E-state index is 0.181. The van der Waals surface area contributed by atoms with Gasteiger partial charge in [0.05, 0.1) is 0 Å². The molecule has 5 heteroatoms. The first-order valence-corrected chi connectivity index (χ1v) is 3.46. The summed E-state index contributed by atoms with van der Waals surface area (Å²) in [5.74, 6) is -0.688. The van der Waals surface area contributed by atoms with Crippen molar-refractivity contribution >= 4 is 5.97 Å². The fourth-order valence-corrected chi connectivity index (χ4v) is 1.01. The fourth-order valence-electron chi connectivity index (χ4n) is 1.01. The minimum atomic E-state index is -1.53. The predicted octanol–water partition coefficient (Wildman–Crippen LogP) is 0.145. The fraction of sp³-hybridized carbons (Fsp3) is 0.429. The van der Waals surface area contributed by atoms with Crippen molar-refractivity contribution in [3.05, 3.63) is 17.2 Å². The van der Waals surface area contributed by atoms with Gasteiger partial charge in [-0.1, -0.05) is 0 Å². The van der Waals surface area contributed by atoms with E-state index in [9.17, 15) is 4.79 Å². The molecule has 0 aliphatic carbocycles. The SMILES string of the molecule is Cc1nc(C(O)C(=O)O)c(C)[nH]1. The van der Waals surface area contributed by atoms with Crippen molar-refractivity contribution in [1.29, 1.82) is 0 Å². The molecule has 0 saturated carbocycles. The van der Waals surface area contributed by atoms with Gasteiger partial charge in [0, 0.05) is 5.69 Å². The monoisotopic (exact) mass is 170 g/mol. The number of aromatic amines is 1. The zero-order valence-electron chi connectivity index (χ0n) is 6.83. The van der Waals surface area contributed by atoms with Crippen molar-refractivity contribution in [2.75, 3.05) is 0 Å². The van der Waals surface area contributed by atoms with Gasteiger partial charge >= 0.3 is 5.97 Å². The van der Waals surface area contributed by atoms with Gasteiger partial charge in [-0.05, 0) is 13.8 Å². The zero-order chi connectivity index (χ0) is 9.30. The van der Waals surface area contributed by atoms with Crippen LogP contribution in [0, 0.1) is 13.8 Å². The number of aliphatic carboxylic acids is 1. The average molecular weight is 170 g/mol. The van der Waals surface area contributed by atoms with Crippen molar-refractivity contribution in [3.63, 3.8) is 0 Å². The molecule has 0 aliphatic heterocycles. The quantitative estimate of drug-likeness (QED) is 0.589. The van der Waals surface area contributed by atoms with Crippen molar-refractivity contribution in [2.45, 2.75) is 20.0 Å². The molecule has 1 heterocycles. The number of carbonyl (C=O) groups is 1. The summed E-state index contributed by atoms with van der Waals surface area (Å²) in [5, 5.41) is 17.6. The Morgan fingerprint density at radius 3 is 2.50 bits per heavy atom. The van der Waals surface area contributed by atoms with Crippen molar-refractivity contribution in [3.8, 4) is 0 Å². The van der Waals surface area contributed by atoms with E-state index in [2.05, 4.69) is 9.97 Å². The first-order chi connectivity index (χ1) is 5.52. The molecule has 1 rings (SSSR count). The normalized spacial score (nSPS) is 12.9. The Kier molecular flexibility index (Phi) is 2.14. The number of aryl methyl sites for hydroxylation is 2. The van der Waals surface area contributed by atoms with E-state index in [-0.39, 0.29) is 5.69 Å². The second kappa shape index (κ2) is 2.94. The lowest BCUT2D eigenvalue weighted by Gasteiger charge is -2.01. The predicted molar refractivity (Wildman–Crippen MR) is 40.7 cm³/mol. The van der Waals surface area contributed by atoms with Gasteiger partial charge in [0.1, 0.15) is 11.5 Å². The first kappa shape index (κ1) is 8.73. The van der Waals surface area contributed by atoms with Gasteiger partial charge < -0.3 is 15.2 Å². The zero-order valence-corrected chi connectivity index (χ0v) is 6.83. The third kappa shape index (κ3) is 1.45. The van der Waals surface area contributed by atoms with Gasteiger partial charge in [-0.2, -0.15) is 0 Å². The second-order valence-electron chi connectivity index (χ2n) is 2.57. The van der Waals surface area contributed by atoms with E-state index < -0.39 is 12.1 Å². The van der Waals surface area contributed by atoms with Crippen LogP contribution in [0.1, 0.15) is 23.3 Å². The number of nitrogens with zero attached hydrogens (tertiary/aromatic N) is 1. The molecule has 0 aliphatic rings. The number of nitrogens with one attached hydrogen (secondary N) is 1. The van der Waals surface area contributed by atoms with E-state index in [0.717, 1.165) is 0 Å². The Morgan fingerprint density at radius 2 is 2.17 bits per heavy atom. The summed E-state index contributed by atoms with van der Waals surface area (Å²) in [6, 6.07) is 0. The summed E-state index contributed by atoms with van der Waals surface area (Å²) in [6.07, 6.45) is -1.53. The third-order valence-corrected chi connectivity index (χ3v) is 1.53. The van der Waals surface area contributed by atoms with E-state index in [1.54, 1.807) is 13.8 Å². The van der Waals surface area contributed by atoms with Gasteiger partial charge in [-0.3, -0.25) is 0 Å². The lowest BCUT2D eigenvalue weighted by atomic mass is 10.2. The molecule has 1 aromatic heterocycles. The number of carboxylic acids is 1. The topological polar surface area (TPSA) is 86.2 Å². The highest BCUT2D eigenvalue weighted by molar-refractivity contribution is 5.73. The van der Waals surface area contributed by atoms with E-state index in [1.807, 2.05) is 0 Å². The molecular weight excluding hydrogens is 160 g/mol. The number of hydrogen-bond acceptors (Lipinski definition) is 3. The Bertz CT molecular complexity index is 306. The number of hydrogen-bond donors (Lipinski definition) is 3. The van der Waals surface area contributed by atoms with Gasteiger partial charge in [-0.25, -0.2) is 9.78 Å². The molecule has 12 heavy (non-hydrogen) atoms. The number of rotatable bonds is 2. The maximum absolute atomic E-state index is 10.4. The first-order valence-electron chi connectivity index (χ1n) is 3.46. The molecule has 0 radical (unpaired) electrons. The molecule has 0 fully saturated rings. The highest BCUT2D eigenvalue weighted by Crippen LogP contribution is 2.14. The summed E-state index contributed by atoms with van der Waals surface area (Å²) < 4.78 is 0. The number of imidazole rings is 1. The summed E-state index contributed by atoms with van der Waals surface area (Å²) in [7, 11) is 0. The van der Waals surface area contributed by atoms with E-state index in [0.29, 0.717) is 11.5 Å². The smallest absolute Gasteiger partial charge is 0.338 e. The average Bonchev–Trinajstić information content (AvgIpc) is 2.28. The van der Waals surface area contributed by atoms with Crippen LogP contribution in [0.25, 0.3) is 0 Å². The molecule has 5 nitrogen and oxygen atoms in total. The van der Waals surface area contributed by atoms with Crippen LogP contribution < -0.4 is 0 Å². The molecule has 0 aromatic carbocycles. The Hall–Kier alpha value is -1.36. The van der Waals surface area contributed by atoms with Gasteiger partial charge in [0.15, 0.2) is 6.10 Å². The lowest BCUT2D eigenvalue weighted by Crippen LogP contribution is -2.11. The number of aliphatic hydroxyl groups excluding tert-OH is 1. The molecule has 66 valence electrons. The number of aliphatic hydroxyl groups is 1. The highest BCUT2D eigenvalue weighted by atomic mass is 16.4. The molecule has 3 N–H and O–H groups in total. The Morgan fingerprint density at radius 1 is 1.58 bits per heavy atom. The van der Waals surface area contributed by atoms with Gasteiger partial charge in [0.25, 0.3) is 0 Å². The van der Waals surface area contributed by atoms with Crippen molar-refractivity contribution in [1.82, 2.24) is 9.97 Å². The summed E-state index contributed by atoms with van der Waals surface area (Å²) in [5.41, 5.74) is 0.766. The standard InChI is InChI=1S/C7H10N2O3/c1-3-5(6(10)7(11)12)9-4(2)8-3/h6,10H,1-2H3,(H,8,9)(H,11,12). The number of aromatic nitrogens is 2. The molecule has 0 bridgehead atoms. The number of carboxylic acid groups (broad SMARTS) is 1. The Balaban J connectivity index is 3.02. The molecule has 1 aromatic rings. The van der Waals surface area contributed by atoms with Crippen LogP contribution in [-0.2, 0) is 4.79 Å². The number of H-pyrrole nitrogens is 1. The van der Waals surface area contributed by atoms with Gasteiger partial charge in [0.2, 0.25) is 0 Å². The Labute approximate surface area is 69.1 Å². The minimum Gasteiger partial charge on any atom is -0.479 e. The maximum atomic E-state index is 10.4. The second-order valence-corrected chi connectivity index (χ2v) is 2.57. The lowest BCUT2D eigenvalue weighted by molar-refractivity contribution is -0.147. The molecule has 1 atom stereocenters. The molecule has 0 spiro atoms. The van der Waals surface area contributed by atoms with E-state index in [4.69, 9.17) is 10.2 Å². The molecule has 1 unspecified atom stereocenters. The van der Waals surface area contributed by atoms with Crippen LogP contribution in [0.3, 0.4) is 0 Å². The van der Waals surface area contributed by atoms with Crippen LogP contribution in [0.4, 0.5) is 0 Å². The van der Waals surface area contributed by atoms with Gasteiger partial charge in [-0.15, -0.1) is 0 Å². The summed E-state index contributed by atoms with van der Waals surface area (Å²) in [4.78, 5) is 17.0. The third-order valence-electron chi connectivity index (χ3n) is 1.53. The van der Waals surface area contributed by atoms with Crippen LogP contribution in [0.5, 0.6) is 0 Å². The summed E-state index contributed by atoms with van der Waals surface area (Å²) >= 11 is 0. The molecule has 0 saturated heterocycles. The highest BCUT2D eigenvalue weighted by Gasteiger charge is 2.20. The van der Waals surface area contributed by atoms with Crippen LogP contribution >= 0.6 is 0 Å². The maximum Gasteiger partial charge on any atom is 0.338 e. The van der Waals surface area contributed by atoms with Crippen molar-refractivity contribution in [2.24, 2.45) is 0 Å². The largest absolute Gasteiger partial charge is 0.479 e. The van der Waals surface area contributed by atoms with Crippen LogP contribution in [0.15, 0.2) is 0 Å². The molecular formula is C7H10N2O3. The van der Waals surface area contributed by atoms with E-state index in [1.165, 1.54) is 0 Å². The molecule has 0 amide bonds. The summed E-state index contributed by atoms with van der Waals surface area (Å²) in [6.45, 7) is 3.37.